The van der Waals surface area contributed by atoms with Gasteiger partial charge >= 0.3 is 0 Å². The molecule has 2 rings (SSSR count). The third-order valence-electron chi connectivity index (χ3n) is 2.62. The van der Waals surface area contributed by atoms with E-state index in [0.29, 0.717) is 16.7 Å². The van der Waals surface area contributed by atoms with Gasteiger partial charge in [-0.25, -0.2) is 0 Å². The Balaban J connectivity index is 1.79. The Morgan fingerprint density at radius 3 is 3.19 bits per heavy atom. The normalized spacial score (nSPS) is 20.7. The summed E-state index contributed by atoms with van der Waals surface area (Å²) in [5.41, 5.74) is 0.373. The summed E-state index contributed by atoms with van der Waals surface area (Å²) in [7, 11) is 0. The molecular formula is C11H16N2O2S. The summed E-state index contributed by atoms with van der Waals surface area (Å²) in [6.45, 7) is 2.51. The average molecular weight is 240 g/mol. The first kappa shape index (κ1) is 11.5. The molecule has 0 aliphatic carbocycles. The van der Waals surface area contributed by atoms with E-state index in [4.69, 9.17) is 4.52 Å². The number of aryl methyl sites for hydroxylation is 1. The zero-order chi connectivity index (χ0) is 11.4. The predicted molar refractivity (Wildman–Crippen MR) is 63.7 cm³/mol. The van der Waals surface area contributed by atoms with Crippen molar-refractivity contribution in [2.45, 2.75) is 31.4 Å². The lowest BCUT2D eigenvalue weighted by molar-refractivity contribution is 0.0944. The summed E-state index contributed by atoms with van der Waals surface area (Å²) in [6, 6.07) is 1.66. The van der Waals surface area contributed by atoms with E-state index >= 15 is 0 Å². The van der Waals surface area contributed by atoms with Crippen molar-refractivity contribution in [3.05, 3.63) is 17.5 Å². The van der Waals surface area contributed by atoms with Gasteiger partial charge in [-0.15, -0.1) is 0 Å². The number of thioether (sulfide) groups is 1. The van der Waals surface area contributed by atoms with Crippen molar-refractivity contribution in [3.8, 4) is 0 Å². The van der Waals surface area contributed by atoms with Crippen LogP contribution in [0.1, 0.15) is 35.5 Å². The fourth-order valence-corrected chi connectivity index (χ4v) is 2.98. The van der Waals surface area contributed by atoms with Crippen LogP contribution in [0.2, 0.25) is 0 Å². The highest BCUT2D eigenvalue weighted by molar-refractivity contribution is 7.99. The molecule has 0 spiro atoms. The number of carbonyl (C=O) groups excluding carboxylic acids is 1. The maximum Gasteiger partial charge on any atom is 0.273 e. The van der Waals surface area contributed by atoms with Crippen LogP contribution in [-0.4, -0.2) is 28.6 Å². The van der Waals surface area contributed by atoms with Crippen LogP contribution in [0.25, 0.3) is 0 Å². The highest BCUT2D eigenvalue weighted by Crippen LogP contribution is 2.24. The predicted octanol–water partition coefficient (Wildman–Crippen LogP) is 2.00. The Labute approximate surface area is 99.1 Å². The molecule has 1 fully saturated rings. The van der Waals surface area contributed by atoms with Crippen molar-refractivity contribution in [2.24, 2.45) is 0 Å². The van der Waals surface area contributed by atoms with Crippen LogP contribution in [0, 0.1) is 6.92 Å². The van der Waals surface area contributed by atoms with Crippen LogP contribution < -0.4 is 5.32 Å². The van der Waals surface area contributed by atoms with Gasteiger partial charge in [0.25, 0.3) is 5.91 Å². The summed E-state index contributed by atoms with van der Waals surface area (Å²) in [4.78, 5) is 11.7. The van der Waals surface area contributed by atoms with E-state index in [1.54, 1.807) is 13.0 Å². The minimum atomic E-state index is -0.136. The summed E-state index contributed by atoms with van der Waals surface area (Å²) in [5, 5.41) is 7.15. The molecule has 5 heteroatoms. The van der Waals surface area contributed by atoms with Gasteiger partial charge in [-0.05, 0) is 25.5 Å². The van der Waals surface area contributed by atoms with Gasteiger partial charge in [0.1, 0.15) is 5.76 Å². The highest BCUT2D eigenvalue weighted by atomic mass is 32.2. The molecule has 1 aromatic heterocycles. The molecule has 0 radical (unpaired) electrons. The number of amides is 1. The fraction of sp³-hybridized carbons (Fsp3) is 0.636. The van der Waals surface area contributed by atoms with Crippen molar-refractivity contribution in [2.75, 3.05) is 12.3 Å². The molecule has 1 unspecified atom stereocenters. The van der Waals surface area contributed by atoms with Crippen LogP contribution in [0.15, 0.2) is 10.6 Å². The van der Waals surface area contributed by atoms with Crippen LogP contribution in [0.4, 0.5) is 0 Å². The first-order chi connectivity index (χ1) is 7.75. The first-order valence-corrected chi connectivity index (χ1v) is 6.63. The third-order valence-corrected chi connectivity index (χ3v) is 4.02. The summed E-state index contributed by atoms with van der Waals surface area (Å²) >= 11 is 1.95. The van der Waals surface area contributed by atoms with Crippen molar-refractivity contribution in [1.82, 2.24) is 10.5 Å². The molecule has 88 valence electrons. The Morgan fingerprint density at radius 2 is 2.56 bits per heavy atom. The molecular weight excluding hydrogens is 224 g/mol. The maximum atomic E-state index is 11.7. The van der Waals surface area contributed by atoms with E-state index in [0.717, 1.165) is 6.54 Å². The topological polar surface area (TPSA) is 55.1 Å². The smallest absolute Gasteiger partial charge is 0.273 e. The summed E-state index contributed by atoms with van der Waals surface area (Å²) in [6.07, 6.45) is 3.77. The first-order valence-electron chi connectivity index (χ1n) is 5.59. The van der Waals surface area contributed by atoms with Gasteiger partial charge in [-0.2, -0.15) is 11.8 Å². The molecule has 4 nitrogen and oxygen atoms in total. The molecule has 1 aliphatic rings. The minimum absolute atomic E-state index is 0.136. The Bertz CT molecular complexity index is 359. The second-order valence-electron chi connectivity index (χ2n) is 4.02. The lowest BCUT2D eigenvalue weighted by atomic mass is 10.2. The molecule has 0 saturated carbocycles. The number of nitrogens with zero attached hydrogens (tertiary/aromatic N) is 1. The number of hydrogen-bond donors (Lipinski definition) is 1. The summed E-state index contributed by atoms with van der Waals surface area (Å²) in [5.74, 6) is 1.74. The van der Waals surface area contributed by atoms with Crippen molar-refractivity contribution in [1.29, 1.82) is 0 Å². The Morgan fingerprint density at radius 1 is 1.69 bits per heavy atom. The average Bonchev–Trinajstić information content (AvgIpc) is 2.74. The fourth-order valence-electron chi connectivity index (χ4n) is 1.74. The number of carbonyl (C=O) groups is 1. The quantitative estimate of drug-likeness (QED) is 0.878. The monoisotopic (exact) mass is 240 g/mol. The number of nitrogens with one attached hydrogen (secondary N) is 1. The van der Waals surface area contributed by atoms with Crippen LogP contribution in [0.5, 0.6) is 0 Å². The molecule has 1 N–H and O–H groups in total. The van der Waals surface area contributed by atoms with E-state index in [1.165, 1.54) is 25.0 Å². The largest absolute Gasteiger partial charge is 0.361 e. The van der Waals surface area contributed by atoms with Gasteiger partial charge in [0, 0.05) is 17.9 Å². The zero-order valence-electron chi connectivity index (χ0n) is 9.36. The van der Waals surface area contributed by atoms with Gasteiger partial charge in [0.05, 0.1) is 0 Å². The van der Waals surface area contributed by atoms with Crippen LogP contribution in [-0.2, 0) is 0 Å². The van der Waals surface area contributed by atoms with E-state index in [1.807, 2.05) is 11.8 Å². The minimum Gasteiger partial charge on any atom is -0.361 e. The number of rotatable bonds is 3. The molecule has 1 atom stereocenters. The van der Waals surface area contributed by atoms with Crippen molar-refractivity contribution in [3.63, 3.8) is 0 Å². The highest BCUT2D eigenvalue weighted by Gasteiger charge is 2.16. The molecule has 0 aromatic carbocycles. The van der Waals surface area contributed by atoms with Crippen molar-refractivity contribution >= 4 is 17.7 Å². The number of aromatic nitrogens is 1. The Kier molecular flexibility index (Phi) is 3.88. The van der Waals surface area contributed by atoms with E-state index in [-0.39, 0.29) is 5.91 Å². The van der Waals surface area contributed by atoms with Gasteiger partial charge < -0.3 is 9.84 Å². The lowest BCUT2D eigenvalue weighted by Gasteiger charge is -2.20. The van der Waals surface area contributed by atoms with Gasteiger partial charge in [-0.1, -0.05) is 11.6 Å². The van der Waals surface area contributed by atoms with Crippen LogP contribution >= 0.6 is 11.8 Å². The van der Waals surface area contributed by atoms with Gasteiger partial charge in [0.2, 0.25) is 0 Å². The van der Waals surface area contributed by atoms with E-state index in [9.17, 15) is 4.79 Å². The van der Waals surface area contributed by atoms with Crippen molar-refractivity contribution < 1.29 is 9.32 Å². The molecule has 1 aliphatic heterocycles. The van der Waals surface area contributed by atoms with Gasteiger partial charge in [0.15, 0.2) is 5.69 Å². The van der Waals surface area contributed by atoms with E-state index in [2.05, 4.69) is 10.5 Å². The SMILES string of the molecule is Cc1cc(C(=O)NCC2CCCCS2)no1. The molecule has 1 aromatic rings. The second kappa shape index (κ2) is 5.39. The Hall–Kier alpha value is -0.970. The zero-order valence-corrected chi connectivity index (χ0v) is 10.2. The molecule has 1 amide bonds. The third kappa shape index (κ3) is 3.01. The molecule has 0 bridgehead atoms. The molecule has 2 heterocycles. The maximum absolute atomic E-state index is 11.7. The lowest BCUT2D eigenvalue weighted by Crippen LogP contribution is -2.32. The van der Waals surface area contributed by atoms with E-state index < -0.39 is 0 Å². The second-order valence-corrected chi connectivity index (χ2v) is 5.43. The molecule has 16 heavy (non-hydrogen) atoms. The standard InChI is InChI=1S/C11H16N2O2S/c1-8-6-10(13-15-8)11(14)12-7-9-4-2-3-5-16-9/h6,9H,2-5,7H2,1H3,(H,12,14). The summed E-state index contributed by atoms with van der Waals surface area (Å²) < 4.78 is 4.86. The molecule has 1 saturated heterocycles. The van der Waals surface area contributed by atoms with Crippen LogP contribution in [0.3, 0.4) is 0 Å². The number of hydrogen-bond acceptors (Lipinski definition) is 4. The van der Waals surface area contributed by atoms with Gasteiger partial charge in [-0.3, -0.25) is 4.79 Å².